The molecule has 1 heterocycles. The van der Waals surface area contributed by atoms with E-state index in [2.05, 4.69) is 24.1 Å². The zero-order valence-corrected chi connectivity index (χ0v) is 10.3. The summed E-state index contributed by atoms with van der Waals surface area (Å²) in [4.78, 5) is 2.56. The fourth-order valence-corrected chi connectivity index (χ4v) is 2.74. The number of hydrogen-bond acceptors (Lipinski definition) is 2. The number of hydrogen-bond donors (Lipinski definition) is 1. The Morgan fingerprint density at radius 1 is 1.20 bits per heavy atom. The van der Waals surface area contributed by atoms with Crippen LogP contribution < -0.4 is 5.32 Å². The summed E-state index contributed by atoms with van der Waals surface area (Å²) in [6, 6.07) is 1.54. The van der Waals surface area contributed by atoms with Gasteiger partial charge in [0.1, 0.15) is 0 Å². The molecule has 1 unspecified atom stereocenters. The van der Waals surface area contributed by atoms with Crippen LogP contribution in [-0.2, 0) is 0 Å². The zero-order chi connectivity index (χ0) is 10.7. The molecule has 1 aliphatic carbocycles. The van der Waals surface area contributed by atoms with Crippen LogP contribution in [0.5, 0.6) is 0 Å². The predicted octanol–water partition coefficient (Wildman–Crippen LogP) is 2.25. The van der Waals surface area contributed by atoms with E-state index in [0.29, 0.717) is 0 Å². The van der Waals surface area contributed by atoms with E-state index < -0.39 is 0 Å². The molecule has 2 aliphatic rings. The summed E-state index contributed by atoms with van der Waals surface area (Å²) in [6.07, 6.45) is 7.08. The fourth-order valence-electron chi connectivity index (χ4n) is 2.74. The molecule has 0 aromatic carbocycles. The summed E-state index contributed by atoms with van der Waals surface area (Å²) in [6.45, 7) is 8.45. The standard InChI is InChI=1S/C13H26N2/c1-3-15-8-6-13(7-9-15)14-11(2)10-12-4-5-12/h11-14H,3-10H2,1-2H3. The van der Waals surface area contributed by atoms with Gasteiger partial charge in [0.2, 0.25) is 0 Å². The Morgan fingerprint density at radius 3 is 2.40 bits per heavy atom. The third-order valence-electron chi connectivity index (χ3n) is 3.94. The van der Waals surface area contributed by atoms with Crippen LogP contribution in [0.2, 0.25) is 0 Å². The van der Waals surface area contributed by atoms with Crippen LogP contribution in [0.4, 0.5) is 0 Å². The van der Waals surface area contributed by atoms with Gasteiger partial charge in [-0.1, -0.05) is 19.8 Å². The Hall–Kier alpha value is -0.0800. The maximum atomic E-state index is 3.81. The lowest BCUT2D eigenvalue weighted by Gasteiger charge is -2.33. The summed E-state index contributed by atoms with van der Waals surface area (Å²) in [5, 5.41) is 3.81. The van der Waals surface area contributed by atoms with E-state index >= 15 is 0 Å². The first kappa shape index (κ1) is 11.4. The second kappa shape index (κ2) is 5.31. The molecule has 2 rings (SSSR count). The van der Waals surface area contributed by atoms with Gasteiger partial charge in [-0.2, -0.15) is 0 Å². The Balaban J connectivity index is 1.62. The lowest BCUT2D eigenvalue weighted by molar-refractivity contribution is 0.198. The molecular weight excluding hydrogens is 184 g/mol. The molecule has 1 saturated heterocycles. The molecule has 0 bridgehead atoms. The van der Waals surface area contributed by atoms with Crippen LogP contribution in [-0.4, -0.2) is 36.6 Å². The topological polar surface area (TPSA) is 15.3 Å². The number of likely N-dealkylation sites (tertiary alicyclic amines) is 1. The van der Waals surface area contributed by atoms with Crippen molar-refractivity contribution in [3.8, 4) is 0 Å². The van der Waals surface area contributed by atoms with Crippen molar-refractivity contribution in [3.63, 3.8) is 0 Å². The maximum Gasteiger partial charge on any atom is 0.00938 e. The van der Waals surface area contributed by atoms with Crippen molar-refractivity contribution in [3.05, 3.63) is 0 Å². The van der Waals surface area contributed by atoms with Gasteiger partial charge in [-0.25, -0.2) is 0 Å². The van der Waals surface area contributed by atoms with Crippen molar-refractivity contribution in [2.24, 2.45) is 5.92 Å². The molecule has 0 radical (unpaired) electrons. The van der Waals surface area contributed by atoms with Gasteiger partial charge in [0, 0.05) is 12.1 Å². The summed E-state index contributed by atoms with van der Waals surface area (Å²) in [5.41, 5.74) is 0. The normalized spacial score (nSPS) is 26.8. The van der Waals surface area contributed by atoms with Gasteiger partial charge in [-0.3, -0.25) is 0 Å². The molecule has 1 aliphatic heterocycles. The predicted molar refractivity (Wildman–Crippen MR) is 65.1 cm³/mol. The van der Waals surface area contributed by atoms with Crippen molar-refractivity contribution in [2.45, 2.75) is 58.0 Å². The third-order valence-corrected chi connectivity index (χ3v) is 3.94. The zero-order valence-electron chi connectivity index (χ0n) is 10.3. The van der Waals surface area contributed by atoms with Crippen LogP contribution >= 0.6 is 0 Å². The smallest absolute Gasteiger partial charge is 0.00938 e. The molecule has 2 nitrogen and oxygen atoms in total. The van der Waals surface area contributed by atoms with E-state index in [1.165, 1.54) is 51.7 Å². The maximum absolute atomic E-state index is 3.81. The SMILES string of the molecule is CCN1CCC(NC(C)CC2CC2)CC1. The number of nitrogens with zero attached hydrogens (tertiary/aromatic N) is 1. The van der Waals surface area contributed by atoms with E-state index in [1.807, 2.05) is 0 Å². The highest BCUT2D eigenvalue weighted by Gasteiger charge is 2.25. The molecule has 1 atom stereocenters. The Labute approximate surface area is 94.4 Å². The van der Waals surface area contributed by atoms with Gasteiger partial charge in [-0.05, 0) is 51.7 Å². The molecule has 0 amide bonds. The van der Waals surface area contributed by atoms with Crippen molar-refractivity contribution < 1.29 is 0 Å². The molecular formula is C13H26N2. The van der Waals surface area contributed by atoms with Crippen LogP contribution in [0.15, 0.2) is 0 Å². The Bertz CT molecular complexity index is 181. The van der Waals surface area contributed by atoms with Gasteiger partial charge in [-0.15, -0.1) is 0 Å². The average molecular weight is 210 g/mol. The summed E-state index contributed by atoms with van der Waals surface area (Å²) >= 11 is 0. The van der Waals surface area contributed by atoms with Gasteiger partial charge in [0.05, 0.1) is 0 Å². The van der Waals surface area contributed by atoms with E-state index in [-0.39, 0.29) is 0 Å². The quantitative estimate of drug-likeness (QED) is 0.749. The van der Waals surface area contributed by atoms with Crippen LogP contribution in [0, 0.1) is 5.92 Å². The Kier molecular flexibility index (Phi) is 4.04. The van der Waals surface area contributed by atoms with Crippen LogP contribution in [0.3, 0.4) is 0 Å². The molecule has 1 N–H and O–H groups in total. The van der Waals surface area contributed by atoms with Gasteiger partial charge < -0.3 is 10.2 Å². The summed E-state index contributed by atoms with van der Waals surface area (Å²) in [5.74, 6) is 1.06. The van der Waals surface area contributed by atoms with Crippen molar-refractivity contribution >= 4 is 0 Å². The minimum atomic E-state index is 0.746. The monoisotopic (exact) mass is 210 g/mol. The minimum Gasteiger partial charge on any atom is -0.311 e. The van der Waals surface area contributed by atoms with Gasteiger partial charge in [0.15, 0.2) is 0 Å². The van der Waals surface area contributed by atoms with Crippen molar-refractivity contribution in [1.29, 1.82) is 0 Å². The molecule has 0 spiro atoms. The highest BCUT2D eigenvalue weighted by molar-refractivity contribution is 4.82. The third kappa shape index (κ3) is 3.76. The lowest BCUT2D eigenvalue weighted by Crippen LogP contribution is -2.45. The lowest BCUT2D eigenvalue weighted by atomic mass is 10.0. The van der Waals surface area contributed by atoms with Gasteiger partial charge >= 0.3 is 0 Å². The first-order valence-electron chi connectivity index (χ1n) is 6.76. The largest absolute Gasteiger partial charge is 0.311 e. The second-order valence-corrected chi connectivity index (χ2v) is 5.46. The molecule has 0 aromatic heterocycles. The van der Waals surface area contributed by atoms with E-state index in [9.17, 15) is 0 Å². The van der Waals surface area contributed by atoms with Crippen LogP contribution in [0.1, 0.15) is 46.0 Å². The molecule has 88 valence electrons. The van der Waals surface area contributed by atoms with E-state index in [4.69, 9.17) is 0 Å². The highest BCUT2D eigenvalue weighted by atomic mass is 15.1. The fraction of sp³-hybridized carbons (Fsp3) is 1.00. The average Bonchev–Trinajstić information content (AvgIpc) is 3.03. The highest BCUT2D eigenvalue weighted by Crippen LogP contribution is 2.33. The number of rotatable bonds is 5. The molecule has 1 saturated carbocycles. The van der Waals surface area contributed by atoms with Gasteiger partial charge in [0.25, 0.3) is 0 Å². The second-order valence-electron chi connectivity index (χ2n) is 5.46. The Morgan fingerprint density at radius 2 is 1.87 bits per heavy atom. The van der Waals surface area contributed by atoms with E-state index in [1.54, 1.807) is 0 Å². The molecule has 0 aromatic rings. The van der Waals surface area contributed by atoms with E-state index in [0.717, 1.165) is 18.0 Å². The number of piperidine rings is 1. The molecule has 2 fully saturated rings. The van der Waals surface area contributed by atoms with Crippen molar-refractivity contribution in [1.82, 2.24) is 10.2 Å². The molecule has 15 heavy (non-hydrogen) atoms. The summed E-state index contributed by atoms with van der Waals surface area (Å²) < 4.78 is 0. The summed E-state index contributed by atoms with van der Waals surface area (Å²) in [7, 11) is 0. The first-order chi connectivity index (χ1) is 7.28. The van der Waals surface area contributed by atoms with Crippen molar-refractivity contribution in [2.75, 3.05) is 19.6 Å². The number of nitrogens with one attached hydrogen (secondary N) is 1. The first-order valence-corrected chi connectivity index (χ1v) is 6.76. The van der Waals surface area contributed by atoms with Crippen LogP contribution in [0.25, 0.3) is 0 Å². The minimum absolute atomic E-state index is 0.746. The molecule has 2 heteroatoms.